The van der Waals surface area contributed by atoms with Crippen LogP contribution in [0.15, 0.2) is 79.1 Å². The quantitative estimate of drug-likeness (QED) is 0.263. The van der Waals surface area contributed by atoms with Gasteiger partial charge in [0.25, 0.3) is 5.91 Å². The lowest BCUT2D eigenvalue weighted by molar-refractivity contribution is -0.110. The molecule has 0 bridgehead atoms. The van der Waals surface area contributed by atoms with E-state index < -0.39 is 0 Å². The van der Waals surface area contributed by atoms with Gasteiger partial charge < -0.3 is 15.6 Å². The molecule has 0 aliphatic carbocycles. The van der Waals surface area contributed by atoms with Gasteiger partial charge >= 0.3 is 0 Å². The molecule has 0 unspecified atom stereocenters. The van der Waals surface area contributed by atoms with Gasteiger partial charge in [0.2, 0.25) is 0 Å². The number of aryl methyl sites for hydroxylation is 1. The molecule has 1 amide bonds. The van der Waals surface area contributed by atoms with Gasteiger partial charge in [-0.2, -0.15) is 5.10 Å². The van der Waals surface area contributed by atoms with Gasteiger partial charge in [-0.25, -0.2) is 9.97 Å². The Balaban J connectivity index is 1.24. The van der Waals surface area contributed by atoms with Gasteiger partial charge in [-0.1, -0.05) is 48.5 Å². The maximum absolute atomic E-state index is 12.6. The van der Waals surface area contributed by atoms with Crippen LogP contribution in [-0.2, 0) is 4.79 Å². The molecule has 0 saturated heterocycles. The van der Waals surface area contributed by atoms with Gasteiger partial charge in [0, 0.05) is 33.8 Å². The number of nitrogens with one attached hydrogen (secondary N) is 4. The molecule has 1 aliphatic heterocycles. The van der Waals surface area contributed by atoms with Crippen LogP contribution in [0.4, 0.5) is 17.1 Å². The number of nitrogens with zero attached hydrogens (tertiary/aromatic N) is 3. The first-order chi connectivity index (χ1) is 17.1. The molecule has 35 heavy (non-hydrogen) atoms. The summed E-state index contributed by atoms with van der Waals surface area (Å²) in [4.78, 5) is 24.5. The van der Waals surface area contributed by atoms with Crippen LogP contribution in [0.25, 0.3) is 34.4 Å². The molecule has 0 fully saturated rings. The second-order valence-corrected chi connectivity index (χ2v) is 8.26. The summed E-state index contributed by atoms with van der Waals surface area (Å²) in [5.74, 6) is 1.21. The predicted molar refractivity (Wildman–Crippen MR) is 137 cm³/mol. The molecular formula is C27H21N7O. The molecule has 0 radical (unpaired) electrons. The second kappa shape index (κ2) is 8.42. The number of aromatic amines is 2. The number of fused-ring (bicyclic) bond motifs is 1. The first-order valence-electron chi connectivity index (χ1n) is 11.2. The molecule has 6 rings (SSSR count). The van der Waals surface area contributed by atoms with E-state index in [2.05, 4.69) is 35.8 Å². The molecule has 1 aliphatic rings. The largest absolute Gasteiger partial charge is 0.355 e. The van der Waals surface area contributed by atoms with Crippen LogP contribution < -0.4 is 10.6 Å². The molecule has 3 heterocycles. The number of imidazole rings is 1. The van der Waals surface area contributed by atoms with Gasteiger partial charge in [0.05, 0.1) is 23.3 Å². The zero-order valence-electron chi connectivity index (χ0n) is 18.8. The Morgan fingerprint density at radius 2 is 1.74 bits per heavy atom. The molecule has 3 aromatic carbocycles. The van der Waals surface area contributed by atoms with E-state index in [0.717, 1.165) is 51.0 Å². The molecule has 8 nitrogen and oxygen atoms in total. The van der Waals surface area contributed by atoms with E-state index in [1.54, 1.807) is 6.33 Å². The lowest BCUT2D eigenvalue weighted by Crippen LogP contribution is -2.03. The number of hydrogen-bond donors (Lipinski definition) is 4. The molecule has 5 aromatic rings. The number of rotatable bonds is 5. The minimum Gasteiger partial charge on any atom is -0.355 e. The molecule has 0 saturated carbocycles. The van der Waals surface area contributed by atoms with Crippen LogP contribution in [0, 0.1) is 6.92 Å². The van der Waals surface area contributed by atoms with E-state index >= 15 is 0 Å². The van der Waals surface area contributed by atoms with Gasteiger partial charge in [-0.3, -0.25) is 9.89 Å². The van der Waals surface area contributed by atoms with Gasteiger partial charge in [0.1, 0.15) is 0 Å². The van der Waals surface area contributed by atoms with Crippen molar-refractivity contribution in [3.63, 3.8) is 0 Å². The fourth-order valence-corrected chi connectivity index (χ4v) is 4.09. The van der Waals surface area contributed by atoms with E-state index in [9.17, 15) is 4.79 Å². The Bertz CT molecular complexity index is 1580. The number of aromatic nitrogens is 5. The normalized spacial score (nSPS) is 13.6. The molecule has 4 N–H and O–H groups in total. The molecule has 2 aromatic heterocycles. The fourth-order valence-electron chi connectivity index (χ4n) is 4.09. The van der Waals surface area contributed by atoms with E-state index in [1.165, 1.54) is 0 Å². The Morgan fingerprint density at radius 3 is 2.57 bits per heavy atom. The monoisotopic (exact) mass is 459 g/mol. The van der Waals surface area contributed by atoms with Crippen LogP contribution >= 0.6 is 0 Å². The van der Waals surface area contributed by atoms with Gasteiger partial charge in [-0.05, 0) is 37.3 Å². The summed E-state index contributed by atoms with van der Waals surface area (Å²) in [5.41, 5.74) is 7.51. The molecule has 170 valence electrons. The summed E-state index contributed by atoms with van der Waals surface area (Å²) in [7, 11) is 0. The number of hydrogen-bond acceptors (Lipinski definition) is 5. The summed E-state index contributed by atoms with van der Waals surface area (Å²) in [6.45, 7) is 1.93. The Hall–Kier alpha value is -4.98. The highest BCUT2D eigenvalue weighted by Gasteiger charge is 2.25. The summed E-state index contributed by atoms with van der Waals surface area (Å²) >= 11 is 0. The lowest BCUT2D eigenvalue weighted by atomic mass is 10.0. The topological polar surface area (TPSA) is 111 Å². The van der Waals surface area contributed by atoms with E-state index in [-0.39, 0.29) is 5.91 Å². The average Bonchev–Trinajstić information content (AvgIpc) is 3.60. The average molecular weight is 460 g/mol. The van der Waals surface area contributed by atoms with Crippen molar-refractivity contribution in [2.24, 2.45) is 0 Å². The first kappa shape index (κ1) is 20.6. The van der Waals surface area contributed by atoms with Crippen LogP contribution in [0.5, 0.6) is 0 Å². The predicted octanol–water partition coefficient (Wildman–Crippen LogP) is 5.41. The van der Waals surface area contributed by atoms with Crippen molar-refractivity contribution in [2.45, 2.75) is 6.92 Å². The highest BCUT2D eigenvalue weighted by Crippen LogP contribution is 2.36. The van der Waals surface area contributed by atoms with Crippen LogP contribution in [0.2, 0.25) is 0 Å². The number of H-pyrrole nitrogens is 2. The smallest absolute Gasteiger partial charge is 0.256 e. The van der Waals surface area contributed by atoms with Crippen molar-refractivity contribution in [1.82, 2.24) is 25.1 Å². The number of anilines is 3. The van der Waals surface area contributed by atoms with Crippen molar-refractivity contribution in [3.05, 3.63) is 96.1 Å². The van der Waals surface area contributed by atoms with Crippen molar-refractivity contribution in [1.29, 1.82) is 0 Å². The summed E-state index contributed by atoms with van der Waals surface area (Å²) in [6, 6.07) is 23.6. The van der Waals surface area contributed by atoms with E-state index in [4.69, 9.17) is 0 Å². The van der Waals surface area contributed by atoms with Crippen molar-refractivity contribution in [3.8, 4) is 22.8 Å². The molecular weight excluding hydrogens is 438 g/mol. The molecule has 0 atom stereocenters. The van der Waals surface area contributed by atoms with Crippen LogP contribution in [0.1, 0.15) is 17.0 Å². The third-order valence-electron chi connectivity index (χ3n) is 5.89. The second-order valence-electron chi connectivity index (χ2n) is 8.26. The minimum atomic E-state index is -0.139. The lowest BCUT2D eigenvalue weighted by Gasteiger charge is -2.09. The maximum atomic E-state index is 12.6. The Morgan fingerprint density at radius 1 is 0.914 bits per heavy atom. The van der Waals surface area contributed by atoms with E-state index in [1.807, 2.05) is 85.8 Å². The zero-order chi connectivity index (χ0) is 23.8. The highest BCUT2D eigenvalue weighted by molar-refractivity contribution is 6.35. The fraction of sp³-hybridized carbons (Fsp3) is 0.0370. The van der Waals surface area contributed by atoms with Crippen molar-refractivity contribution < 1.29 is 4.79 Å². The van der Waals surface area contributed by atoms with Crippen LogP contribution in [0.3, 0.4) is 0 Å². The Labute approximate surface area is 201 Å². The van der Waals surface area contributed by atoms with Crippen molar-refractivity contribution >= 4 is 34.6 Å². The number of benzene rings is 3. The standard InChI is InChI=1S/C27H21N7O/c1-16-23(29-15-28-16)14-22-21-11-10-20(13-24(21)31-27(22)35)30-19-9-5-8-18(12-19)26-32-25(33-34-26)17-6-3-2-4-7-17/h2-15,30H,1H3,(H,28,29)(H,31,35)(H,32,33,34). The van der Waals surface area contributed by atoms with Crippen LogP contribution in [-0.4, -0.2) is 31.1 Å². The number of amides is 1. The van der Waals surface area contributed by atoms with Gasteiger partial charge in [0.15, 0.2) is 11.6 Å². The molecule has 0 spiro atoms. The SMILES string of the molecule is Cc1[nH]cnc1C=C1C(=O)Nc2cc(Nc3cccc(-c4n[nH]c(-c5ccccc5)n4)c3)ccc21. The maximum Gasteiger partial charge on any atom is 0.256 e. The zero-order valence-corrected chi connectivity index (χ0v) is 18.8. The number of carbonyl (C=O) groups excluding carboxylic acids is 1. The third-order valence-corrected chi connectivity index (χ3v) is 5.89. The van der Waals surface area contributed by atoms with E-state index in [0.29, 0.717) is 11.4 Å². The summed E-state index contributed by atoms with van der Waals surface area (Å²) < 4.78 is 0. The van der Waals surface area contributed by atoms with Crippen molar-refractivity contribution in [2.75, 3.05) is 10.6 Å². The third kappa shape index (κ3) is 3.97. The first-order valence-corrected chi connectivity index (χ1v) is 11.2. The summed E-state index contributed by atoms with van der Waals surface area (Å²) in [6.07, 6.45) is 3.43. The highest BCUT2D eigenvalue weighted by atomic mass is 16.2. The minimum absolute atomic E-state index is 0.139. The summed E-state index contributed by atoms with van der Waals surface area (Å²) in [5, 5.41) is 13.8. The number of carbonyl (C=O) groups is 1. The molecule has 8 heteroatoms. The Kier molecular flexibility index (Phi) is 4.96. The van der Waals surface area contributed by atoms with Gasteiger partial charge in [-0.15, -0.1) is 0 Å².